The molecule has 6 aromatic rings. The Morgan fingerprint density at radius 3 is 2.58 bits per heavy atom. The maximum atomic E-state index is 13.6. The lowest BCUT2D eigenvalue weighted by atomic mass is 9.91. The van der Waals surface area contributed by atoms with E-state index in [1.165, 1.54) is 17.3 Å². The number of aliphatic hydroxyl groups is 1. The van der Waals surface area contributed by atoms with Gasteiger partial charge in [0.1, 0.15) is 12.1 Å². The Kier molecular flexibility index (Phi) is 9.44. The summed E-state index contributed by atoms with van der Waals surface area (Å²) in [6, 6.07) is 18.8. The molecule has 0 atom stereocenters. The van der Waals surface area contributed by atoms with E-state index < -0.39 is 11.7 Å². The molecule has 0 radical (unpaired) electrons. The van der Waals surface area contributed by atoms with Crippen LogP contribution in [0.1, 0.15) is 29.7 Å². The highest BCUT2D eigenvalue weighted by atomic mass is 35.5. The molecule has 2 aromatic carbocycles. The lowest BCUT2D eigenvalue weighted by Crippen LogP contribution is -2.47. The molecule has 0 saturated carbocycles. The minimum atomic E-state index is -1.07. The zero-order valence-corrected chi connectivity index (χ0v) is 28.1. The van der Waals surface area contributed by atoms with Crippen molar-refractivity contribution in [2.45, 2.75) is 44.7 Å². The van der Waals surface area contributed by atoms with Crippen molar-refractivity contribution in [2.24, 2.45) is 7.05 Å². The fourth-order valence-electron chi connectivity index (χ4n) is 6.19. The molecule has 256 valence electrons. The monoisotopic (exact) mass is 694 g/mol. The maximum absolute atomic E-state index is 13.6. The summed E-state index contributed by atoms with van der Waals surface area (Å²) in [6.07, 6.45) is 6.61. The van der Waals surface area contributed by atoms with E-state index in [1.807, 2.05) is 48.5 Å². The molecule has 5 heterocycles. The van der Waals surface area contributed by atoms with Gasteiger partial charge in [-0.3, -0.25) is 23.9 Å². The second kappa shape index (κ2) is 14.2. The SMILES string of the molecule is Cn1nc2c(=O)n(CC3(O)CCN(Cc4ccc(-c5cnco5)cc4Cl)CC3)cnc2c1-c1ccc(CNC(=O)OCc2ccccn2)cc1. The Bertz CT molecular complexity index is 2160. The molecule has 0 spiro atoms. The minimum Gasteiger partial charge on any atom is -0.444 e. The van der Waals surface area contributed by atoms with Gasteiger partial charge in [0.05, 0.1) is 36.1 Å². The van der Waals surface area contributed by atoms with Gasteiger partial charge in [0.15, 0.2) is 17.7 Å². The number of carbonyl (C=O) groups excluding carboxylic acids is 1. The van der Waals surface area contributed by atoms with Gasteiger partial charge in [-0.05, 0) is 42.2 Å². The number of nitrogens with one attached hydrogen (secondary N) is 1. The van der Waals surface area contributed by atoms with Crippen molar-refractivity contribution in [3.05, 3.63) is 118 Å². The van der Waals surface area contributed by atoms with E-state index in [0.29, 0.717) is 60.2 Å². The number of hydrogen-bond acceptors (Lipinski definition) is 10. The first-order chi connectivity index (χ1) is 24.2. The standard InChI is InChI=1S/C36H35ClN8O5/c1-43-33(25-7-5-24(6-8-25)17-40-35(47)49-20-28-4-2-3-13-39-28)31-32(42-43)34(46)45(22-41-31)21-36(48)11-14-44(15-12-36)19-27-10-9-26(16-29(27)37)30-18-38-23-50-30/h2-10,13,16,18,22-23,48H,11-12,14-15,17,19-21H2,1H3,(H,40,47). The summed E-state index contributed by atoms with van der Waals surface area (Å²) in [5.41, 5.74) is 4.23. The summed E-state index contributed by atoms with van der Waals surface area (Å²) in [7, 11) is 1.77. The van der Waals surface area contributed by atoms with Crippen molar-refractivity contribution in [2.75, 3.05) is 13.1 Å². The smallest absolute Gasteiger partial charge is 0.407 e. The van der Waals surface area contributed by atoms with E-state index in [4.69, 9.17) is 20.8 Å². The van der Waals surface area contributed by atoms with Crippen molar-refractivity contribution in [3.63, 3.8) is 0 Å². The highest BCUT2D eigenvalue weighted by Crippen LogP contribution is 2.30. The van der Waals surface area contributed by atoms with Crippen LogP contribution >= 0.6 is 11.6 Å². The van der Waals surface area contributed by atoms with Crippen LogP contribution in [0.5, 0.6) is 0 Å². The molecule has 13 nitrogen and oxygen atoms in total. The Hall–Kier alpha value is -5.37. The number of piperidine rings is 1. The van der Waals surface area contributed by atoms with Gasteiger partial charge in [-0.1, -0.05) is 54.1 Å². The third-order valence-corrected chi connectivity index (χ3v) is 9.32. The summed E-state index contributed by atoms with van der Waals surface area (Å²) >= 11 is 6.59. The van der Waals surface area contributed by atoms with Gasteiger partial charge in [-0.2, -0.15) is 5.10 Å². The molecule has 4 aromatic heterocycles. The third-order valence-electron chi connectivity index (χ3n) is 8.97. The molecule has 50 heavy (non-hydrogen) atoms. The Labute approximate surface area is 292 Å². The van der Waals surface area contributed by atoms with Crippen LogP contribution in [-0.4, -0.2) is 64.1 Å². The van der Waals surface area contributed by atoms with Crippen LogP contribution in [0, 0.1) is 0 Å². The molecular formula is C36H35ClN8O5. The van der Waals surface area contributed by atoms with Crippen LogP contribution in [0.25, 0.3) is 33.6 Å². The molecule has 2 N–H and O–H groups in total. The van der Waals surface area contributed by atoms with E-state index in [0.717, 1.165) is 22.3 Å². The number of carbonyl (C=O) groups is 1. The van der Waals surface area contributed by atoms with Gasteiger partial charge in [-0.25, -0.2) is 14.8 Å². The molecule has 1 aliphatic rings. The molecule has 7 rings (SSSR count). The quantitative estimate of drug-likeness (QED) is 0.201. The van der Waals surface area contributed by atoms with E-state index in [9.17, 15) is 14.7 Å². The first-order valence-electron chi connectivity index (χ1n) is 16.2. The summed E-state index contributed by atoms with van der Waals surface area (Å²) in [5, 5.41) is 19.4. The van der Waals surface area contributed by atoms with E-state index in [-0.39, 0.29) is 30.8 Å². The zero-order chi connectivity index (χ0) is 34.7. The van der Waals surface area contributed by atoms with E-state index >= 15 is 0 Å². The predicted octanol–water partition coefficient (Wildman–Crippen LogP) is 4.95. The largest absolute Gasteiger partial charge is 0.444 e. The number of nitrogens with zero attached hydrogens (tertiary/aromatic N) is 7. The number of oxazole rings is 1. The number of halogens is 1. The van der Waals surface area contributed by atoms with Crippen LogP contribution in [0.15, 0.2) is 95.0 Å². The summed E-state index contributed by atoms with van der Waals surface area (Å²) in [4.78, 5) is 40.7. The number of hydrogen-bond donors (Lipinski definition) is 2. The molecule has 1 amide bonds. The number of likely N-dealkylation sites (tertiary alicyclic amines) is 1. The van der Waals surface area contributed by atoms with Gasteiger partial charge < -0.3 is 19.6 Å². The fourth-order valence-corrected chi connectivity index (χ4v) is 6.43. The molecule has 14 heteroatoms. The molecule has 1 aliphatic heterocycles. The predicted molar refractivity (Wildman–Crippen MR) is 186 cm³/mol. The second-order valence-corrected chi connectivity index (χ2v) is 12.9. The molecule has 0 unspecified atom stereocenters. The lowest BCUT2D eigenvalue weighted by Gasteiger charge is -2.38. The van der Waals surface area contributed by atoms with Gasteiger partial charge in [0.25, 0.3) is 5.56 Å². The summed E-state index contributed by atoms with van der Waals surface area (Å²) in [5.74, 6) is 0.656. The normalized spacial score (nSPS) is 14.5. The Morgan fingerprint density at radius 1 is 1.06 bits per heavy atom. The molecule has 0 aliphatic carbocycles. The maximum Gasteiger partial charge on any atom is 0.407 e. The molecule has 1 saturated heterocycles. The molecule has 0 bridgehead atoms. The average molecular weight is 695 g/mol. The van der Waals surface area contributed by atoms with Crippen LogP contribution in [0.4, 0.5) is 4.79 Å². The van der Waals surface area contributed by atoms with Crippen molar-refractivity contribution in [1.29, 1.82) is 0 Å². The number of rotatable bonds is 10. The van der Waals surface area contributed by atoms with Crippen LogP contribution < -0.4 is 10.9 Å². The Morgan fingerprint density at radius 2 is 1.86 bits per heavy atom. The van der Waals surface area contributed by atoms with Crippen LogP contribution in [-0.2, 0) is 38.0 Å². The number of fused-ring (bicyclic) bond motifs is 1. The fraction of sp³-hybridized carbons (Fsp3) is 0.278. The van der Waals surface area contributed by atoms with Crippen molar-refractivity contribution in [3.8, 4) is 22.6 Å². The summed E-state index contributed by atoms with van der Waals surface area (Å²) < 4.78 is 13.7. The number of benzene rings is 2. The lowest BCUT2D eigenvalue weighted by molar-refractivity contribution is -0.0364. The number of pyridine rings is 1. The zero-order valence-electron chi connectivity index (χ0n) is 27.3. The van der Waals surface area contributed by atoms with Gasteiger partial charge >= 0.3 is 6.09 Å². The average Bonchev–Trinajstić information content (AvgIpc) is 3.79. The van der Waals surface area contributed by atoms with Crippen molar-refractivity contribution in [1.82, 2.24) is 39.5 Å². The van der Waals surface area contributed by atoms with Crippen molar-refractivity contribution < 1.29 is 19.1 Å². The first kappa shape index (κ1) is 33.1. The number of ether oxygens (including phenoxy) is 1. The topological polar surface area (TPSA) is 153 Å². The van der Waals surface area contributed by atoms with E-state index in [1.54, 1.807) is 36.3 Å². The first-order valence-corrected chi connectivity index (χ1v) is 16.6. The minimum absolute atomic E-state index is 0.0874. The number of aryl methyl sites for hydroxylation is 1. The second-order valence-electron chi connectivity index (χ2n) is 12.5. The summed E-state index contributed by atoms with van der Waals surface area (Å²) in [6.45, 7) is 2.42. The van der Waals surface area contributed by atoms with Gasteiger partial charge in [0, 0.05) is 55.6 Å². The molecule has 1 fully saturated rings. The highest BCUT2D eigenvalue weighted by Gasteiger charge is 2.33. The van der Waals surface area contributed by atoms with Crippen LogP contribution in [0.2, 0.25) is 5.02 Å². The highest BCUT2D eigenvalue weighted by molar-refractivity contribution is 6.31. The van der Waals surface area contributed by atoms with Crippen molar-refractivity contribution >= 4 is 28.7 Å². The number of amides is 1. The van der Waals surface area contributed by atoms with Gasteiger partial charge in [0.2, 0.25) is 0 Å². The van der Waals surface area contributed by atoms with Crippen LogP contribution in [0.3, 0.4) is 0 Å². The number of alkyl carbamates (subject to hydrolysis) is 1. The number of aromatic nitrogens is 6. The Balaban J connectivity index is 0.964. The van der Waals surface area contributed by atoms with Gasteiger partial charge in [-0.15, -0.1) is 0 Å². The van der Waals surface area contributed by atoms with E-state index in [2.05, 4.69) is 30.3 Å². The molecular weight excluding hydrogens is 660 g/mol. The third kappa shape index (κ3) is 7.30.